The van der Waals surface area contributed by atoms with Crippen LogP contribution in [0.15, 0.2) is 30.3 Å². The lowest BCUT2D eigenvalue weighted by molar-refractivity contribution is -0.143. The van der Waals surface area contributed by atoms with E-state index in [1.165, 1.54) is 24.3 Å². The van der Waals surface area contributed by atoms with Crippen LogP contribution in [0.1, 0.15) is 17.0 Å². The summed E-state index contributed by atoms with van der Waals surface area (Å²) in [7, 11) is 0. The standard InChI is InChI=1S/C12H9F6N3.ClH/c13-11(14,15)9-5-10(12(16,17)18)21(20-9)8-4-2-1-3-7(8)6-19;/h1-5H,6,19H2;1H. The van der Waals surface area contributed by atoms with Crippen molar-refractivity contribution in [1.82, 2.24) is 9.78 Å². The summed E-state index contributed by atoms with van der Waals surface area (Å²) in [6.07, 6.45) is -9.94. The molecule has 0 unspecified atom stereocenters. The third kappa shape index (κ3) is 3.53. The number of aromatic nitrogens is 2. The number of halogens is 7. The number of hydrogen-bond acceptors (Lipinski definition) is 2. The van der Waals surface area contributed by atoms with Gasteiger partial charge in [0.1, 0.15) is 5.69 Å². The van der Waals surface area contributed by atoms with Gasteiger partial charge in [-0.15, -0.1) is 12.4 Å². The highest BCUT2D eigenvalue weighted by atomic mass is 35.5. The molecule has 22 heavy (non-hydrogen) atoms. The predicted octanol–water partition coefficient (Wildman–Crippen LogP) is 3.79. The topological polar surface area (TPSA) is 43.8 Å². The number of nitrogens with zero attached hydrogens (tertiary/aromatic N) is 2. The first kappa shape index (κ1) is 18.3. The maximum absolute atomic E-state index is 12.9. The summed E-state index contributed by atoms with van der Waals surface area (Å²) in [5.74, 6) is 0. The number of alkyl halides is 6. The molecular weight excluding hydrogens is 336 g/mol. The summed E-state index contributed by atoms with van der Waals surface area (Å²) in [5, 5.41) is 3.04. The van der Waals surface area contributed by atoms with Gasteiger partial charge in [-0.1, -0.05) is 18.2 Å². The molecule has 1 heterocycles. The lowest BCUT2D eigenvalue weighted by atomic mass is 10.2. The van der Waals surface area contributed by atoms with Crippen LogP contribution in [-0.4, -0.2) is 9.78 Å². The second-order valence-electron chi connectivity index (χ2n) is 4.15. The second kappa shape index (κ2) is 6.17. The van der Waals surface area contributed by atoms with Gasteiger partial charge in [0.05, 0.1) is 5.69 Å². The molecule has 0 fully saturated rings. The van der Waals surface area contributed by atoms with Crippen molar-refractivity contribution in [3.63, 3.8) is 0 Å². The van der Waals surface area contributed by atoms with Crippen LogP contribution in [0.3, 0.4) is 0 Å². The van der Waals surface area contributed by atoms with Crippen molar-refractivity contribution >= 4 is 12.4 Å². The van der Waals surface area contributed by atoms with Gasteiger partial charge in [0.2, 0.25) is 0 Å². The fraction of sp³-hybridized carbons (Fsp3) is 0.250. The molecule has 2 aromatic rings. The van der Waals surface area contributed by atoms with Gasteiger partial charge in [-0.3, -0.25) is 0 Å². The Labute approximate surface area is 127 Å². The fourth-order valence-electron chi connectivity index (χ4n) is 1.80. The average molecular weight is 346 g/mol. The molecule has 0 bridgehead atoms. The van der Waals surface area contributed by atoms with E-state index in [1.807, 2.05) is 0 Å². The summed E-state index contributed by atoms with van der Waals surface area (Å²) < 4.78 is 76.8. The Kier molecular flexibility index (Phi) is 5.14. The molecule has 2 rings (SSSR count). The summed E-state index contributed by atoms with van der Waals surface area (Å²) in [6.45, 7) is -0.130. The zero-order valence-electron chi connectivity index (χ0n) is 10.7. The minimum absolute atomic E-state index is 0. The zero-order valence-corrected chi connectivity index (χ0v) is 11.6. The first-order valence-corrected chi connectivity index (χ1v) is 5.67. The Morgan fingerprint density at radius 2 is 1.59 bits per heavy atom. The fourth-order valence-corrected chi connectivity index (χ4v) is 1.80. The Morgan fingerprint density at radius 1 is 1.00 bits per heavy atom. The van der Waals surface area contributed by atoms with Crippen LogP contribution >= 0.6 is 12.4 Å². The lowest BCUT2D eigenvalue weighted by Gasteiger charge is -2.13. The molecule has 0 aliphatic rings. The maximum atomic E-state index is 12.9. The molecule has 0 aliphatic carbocycles. The highest BCUT2D eigenvalue weighted by Gasteiger charge is 2.42. The SMILES string of the molecule is Cl.NCc1ccccc1-n1nc(C(F)(F)F)cc1C(F)(F)F. The molecule has 2 N–H and O–H groups in total. The smallest absolute Gasteiger partial charge is 0.326 e. The lowest BCUT2D eigenvalue weighted by Crippen LogP contribution is -2.15. The van der Waals surface area contributed by atoms with Crippen molar-refractivity contribution in [2.75, 3.05) is 0 Å². The molecule has 0 amide bonds. The quantitative estimate of drug-likeness (QED) is 0.842. The molecule has 0 saturated carbocycles. The Balaban J connectivity index is 0.00000242. The van der Waals surface area contributed by atoms with Crippen molar-refractivity contribution < 1.29 is 26.3 Å². The van der Waals surface area contributed by atoms with Gasteiger partial charge in [-0.2, -0.15) is 31.4 Å². The van der Waals surface area contributed by atoms with Crippen LogP contribution < -0.4 is 5.73 Å². The summed E-state index contributed by atoms with van der Waals surface area (Å²) in [6, 6.07) is 5.54. The second-order valence-corrected chi connectivity index (χ2v) is 4.15. The van der Waals surface area contributed by atoms with E-state index in [4.69, 9.17) is 5.73 Å². The van der Waals surface area contributed by atoms with Gasteiger partial charge in [0.25, 0.3) is 0 Å². The highest BCUT2D eigenvalue weighted by molar-refractivity contribution is 5.85. The van der Waals surface area contributed by atoms with Crippen LogP contribution in [0.25, 0.3) is 5.69 Å². The third-order valence-corrected chi connectivity index (χ3v) is 2.73. The van der Waals surface area contributed by atoms with Crippen LogP contribution in [0.5, 0.6) is 0 Å². The number of rotatable bonds is 2. The van der Waals surface area contributed by atoms with E-state index in [0.29, 0.717) is 0 Å². The molecule has 3 nitrogen and oxygen atoms in total. The number of nitrogens with two attached hydrogens (primary N) is 1. The molecule has 0 atom stereocenters. The van der Waals surface area contributed by atoms with E-state index in [1.54, 1.807) is 0 Å². The monoisotopic (exact) mass is 345 g/mol. The van der Waals surface area contributed by atoms with Crippen molar-refractivity contribution in [1.29, 1.82) is 0 Å². The van der Waals surface area contributed by atoms with Gasteiger partial charge in [-0.05, 0) is 11.6 Å². The van der Waals surface area contributed by atoms with Crippen LogP contribution in [-0.2, 0) is 18.9 Å². The summed E-state index contributed by atoms with van der Waals surface area (Å²) in [5.41, 5.74) is 2.40. The molecule has 1 aromatic heterocycles. The summed E-state index contributed by atoms with van der Waals surface area (Å²) >= 11 is 0. The summed E-state index contributed by atoms with van der Waals surface area (Å²) in [4.78, 5) is 0. The van der Waals surface area contributed by atoms with Crippen LogP contribution in [0, 0.1) is 0 Å². The van der Waals surface area contributed by atoms with Gasteiger partial charge in [0, 0.05) is 12.6 Å². The third-order valence-electron chi connectivity index (χ3n) is 2.73. The minimum Gasteiger partial charge on any atom is -0.326 e. The molecule has 0 aliphatic heterocycles. The largest absolute Gasteiger partial charge is 0.435 e. The van der Waals surface area contributed by atoms with Crippen LogP contribution in [0.4, 0.5) is 26.3 Å². The van der Waals surface area contributed by atoms with E-state index >= 15 is 0 Å². The van der Waals surface area contributed by atoms with E-state index < -0.39 is 23.7 Å². The van der Waals surface area contributed by atoms with Crippen molar-refractivity contribution in [2.24, 2.45) is 5.73 Å². The maximum Gasteiger partial charge on any atom is 0.435 e. The average Bonchev–Trinajstić information content (AvgIpc) is 2.83. The minimum atomic E-state index is -4.97. The number of benzene rings is 1. The molecule has 122 valence electrons. The molecular formula is C12H10ClF6N3. The van der Waals surface area contributed by atoms with Gasteiger partial charge >= 0.3 is 12.4 Å². The first-order chi connectivity index (χ1) is 9.64. The van der Waals surface area contributed by atoms with Crippen LogP contribution in [0.2, 0.25) is 0 Å². The zero-order chi connectivity index (χ0) is 15.8. The van der Waals surface area contributed by atoms with Gasteiger partial charge < -0.3 is 5.73 Å². The number of para-hydroxylation sites is 1. The van der Waals surface area contributed by atoms with Crippen molar-refractivity contribution in [3.05, 3.63) is 47.3 Å². The normalized spacial score (nSPS) is 12.1. The first-order valence-electron chi connectivity index (χ1n) is 5.67. The Hall–Kier alpha value is -1.74. The van der Waals surface area contributed by atoms with Crippen molar-refractivity contribution in [2.45, 2.75) is 18.9 Å². The molecule has 0 radical (unpaired) electrons. The Bertz CT molecular complexity index is 647. The highest BCUT2D eigenvalue weighted by Crippen LogP contribution is 2.36. The van der Waals surface area contributed by atoms with E-state index in [9.17, 15) is 26.3 Å². The molecule has 0 spiro atoms. The van der Waals surface area contributed by atoms with Gasteiger partial charge in [-0.25, -0.2) is 4.68 Å². The molecule has 1 aromatic carbocycles. The molecule has 0 saturated heterocycles. The van der Waals surface area contributed by atoms with Crippen molar-refractivity contribution in [3.8, 4) is 5.69 Å². The Morgan fingerprint density at radius 3 is 2.09 bits per heavy atom. The predicted molar refractivity (Wildman–Crippen MR) is 68.7 cm³/mol. The van der Waals surface area contributed by atoms with E-state index in [2.05, 4.69) is 5.10 Å². The molecule has 10 heteroatoms. The van der Waals surface area contributed by atoms with E-state index in [-0.39, 0.29) is 41.0 Å². The van der Waals surface area contributed by atoms with Gasteiger partial charge in [0.15, 0.2) is 5.69 Å². The van der Waals surface area contributed by atoms with E-state index in [0.717, 1.165) is 0 Å². The number of hydrogen-bond donors (Lipinski definition) is 1.